The van der Waals surface area contributed by atoms with Gasteiger partial charge in [0.05, 0.1) is 10.6 Å². The Morgan fingerprint density at radius 1 is 1.33 bits per heavy atom. The van der Waals surface area contributed by atoms with Gasteiger partial charge in [0, 0.05) is 11.4 Å². The van der Waals surface area contributed by atoms with E-state index in [4.69, 9.17) is 22.2 Å². The van der Waals surface area contributed by atoms with E-state index in [1.807, 2.05) is 26.0 Å². The molecule has 0 spiro atoms. The number of rotatable bonds is 8. The van der Waals surface area contributed by atoms with Crippen molar-refractivity contribution in [3.63, 3.8) is 0 Å². The molecule has 0 aliphatic heterocycles. The molecule has 2 aromatic rings. The Labute approximate surface area is 203 Å². The number of carbonyl (C=O) groups excluding carboxylic acids is 1. The third-order valence-electron chi connectivity index (χ3n) is 5.23. The fraction of sp³-hybridized carbons (Fsp3) is 0.280. The fourth-order valence-electron chi connectivity index (χ4n) is 3.42. The second-order valence-corrected chi connectivity index (χ2v) is 9.43. The summed E-state index contributed by atoms with van der Waals surface area (Å²) in [6.45, 7) is 12.7. The van der Waals surface area contributed by atoms with Crippen LogP contribution in [0.15, 0.2) is 54.7 Å². The molecule has 1 fully saturated rings. The van der Waals surface area contributed by atoms with E-state index in [9.17, 15) is 9.18 Å². The lowest BCUT2D eigenvalue weighted by atomic mass is 10.1. The predicted molar refractivity (Wildman–Crippen MR) is 135 cm³/mol. The van der Waals surface area contributed by atoms with Crippen LogP contribution in [0.4, 0.5) is 4.39 Å². The highest BCUT2D eigenvalue weighted by molar-refractivity contribution is 8.21. The molecule has 1 aliphatic carbocycles. The molecule has 0 bridgehead atoms. The zero-order valence-corrected chi connectivity index (χ0v) is 20.3. The number of carbonyl (C=O) groups is 1. The number of benzene rings is 2. The average Bonchev–Trinajstić information content (AvgIpc) is 3.59. The Bertz CT molecular complexity index is 1090. The van der Waals surface area contributed by atoms with Crippen molar-refractivity contribution in [1.82, 2.24) is 4.90 Å². The highest BCUT2D eigenvalue weighted by atomic mass is 35.5. The summed E-state index contributed by atoms with van der Waals surface area (Å²) in [6.07, 6.45) is 3.74. The van der Waals surface area contributed by atoms with Crippen LogP contribution in [0.5, 0.6) is 5.75 Å². The van der Waals surface area contributed by atoms with Crippen LogP contribution < -0.4 is 10.6 Å². The van der Waals surface area contributed by atoms with E-state index in [2.05, 4.69) is 18.3 Å². The molecule has 8 heteroatoms. The van der Waals surface area contributed by atoms with Gasteiger partial charge in [0.1, 0.15) is 18.2 Å². The number of ether oxygens (including phenoxy) is 1. The number of thioether (sulfide) groups is 1. The molecule has 0 radical (unpaired) electrons. The summed E-state index contributed by atoms with van der Waals surface area (Å²) in [5.41, 5.74) is 3.00. The molecule has 2 aromatic carbocycles. The summed E-state index contributed by atoms with van der Waals surface area (Å²) in [6, 6.07) is 7.65. The number of hydrazone groups is 1. The minimum atomic E-state index is -0.507. The lowest BCUT2D eigenvalue weighted by molar-refractivity contribution is 0.0845. The van der Waals surface area contributed by atoms with Gasteiger partial charge >= 0.3 is 0 Å². The number of halogens is 2. The van der Waals surface area contributed by atoms with Gasteiger partial charge in [0.15, 0.2) is 5.17 Å². The van der Waals surface area contributed by atoms with Crippen molar-refractivity contribution in [2.45, 2.75) is 26.7 Å². The number of hydrogen-bond acceptors (Lipinski definition) is 5. The minimum Gasteiger partial charge on any atom is -0.489 e. The molecule has 5 nitrogen and oxygen atoms in total. The topological polar surface area (TPSA) is 67.9 Å². The van der Waals surface area contributed by atoms with Gasteiger partial charge in [-0.25, -0.2) is 4.39 Å². The molecule has 1 saturated carbocycles. The molecule has 33 heavy (non-hydrogen) atoms. The standard InChI is InChI=1S/C25H27ClFN3O2S/c1-5-10-32-23-15(2)11-19(12-16(23)3)17(4)33-25(29-28)30(14-18-6-7-18)24(31)21-9-8-20(27)13-22(21)26/h5,8-9,11-13,18H,1,4,6-7,10,14,28H2,2-3H3/b29-25-. The molecule has 174 valence electrons. The molecule has 2 N–H and O–H groups in total. The molecule has 0 atom stereocenters. The molecular weight excluding hydrogens is 461 g/mol. The summed E-state index contributed by atoms with van der Waals surface area (Å²) in [5.74, 6) is 6.01. The van der Waals surface area contributed by atoms with Crippen molar-refractivity contribution in [2.75, 3.05) is 13.2 Å². The van der Waals surface area contributed by atoms with Crippen LogP contribution in [0.1, 0.15) is 39.9 Å². The summed E-state index contributed by atoms with van der Waals surface area (Å²) in [7, 11) is 0. The van der Waals surface area contributed by atoms with E-state index < -0.39 is 5.82 Å². The summed E-state index contributed by atoms with van der Waals surface area (Å²) >= 11 is 7.37. The first-order chi connectivity index (χ1) is 15.7. The number of nitrogens with zero attached hydrogens (tertiary/aromatic N) is 2. The van der Waals surface area contributed by atoms with Crippen LogP contribution in [0.25, 0.3) is 4.91 Å². The first-order valence-corrected chi connectivity index (χ1v) is 11.7. The minimum absolute atomic E-state index is 0.0438. The normalized spacial score (nSPS) is 13.5. The Hall–Kier alpha value is -2.77. The van der Waals surface area contributed by atoms with E-state index in [1.54, 1.807) is 6.08 Å². The predicted octanol–water partition coefficient (Wildman–Crippen LogP) is 6.15. The van der Waals surface area contributed by atoms with Crippen LogP contribution in [-0.4, -0.2) is 29.1 Å². The Balaban J connectivity index is 1.85. The van der Waals surface area contributed by atoms with Crippen molar-refractivity contribution in [3.05, 3.63) is 82.7 Å². The maximum absolute atomic E-state index is 13.5. The summed E-state index contributed by atoms with van der Waals surface area (Å²) in [4.78, 5) is 15.5. The summed E-state index contributed by atoms with van der Waals surface area (Å²) in [5, 5.41) is 4.25. The molecule has 0 aromatic heterocycles. The second kappa shape index (κ2) is 10.9. The van der Waals surface area contributed by atoms with Gasteiger partial charge in [-0.1, -0.05) is 30.8 Å². The molecule has 0 saturated heterocycles. The van der Waals surface area contributed by atoms with E-state index >= 15 is 0 Å². The van der Waals surface area contributed by atoms with E-state index in [0.717, 1.165) is 41.3 Å². The van der Waals surface area contributed by atoms with Crippen molar-refractivity contribution in [1.29, 1.82) is 0 Å². The molecule has 1 aliphatic rings. The lowest BCUT2D eigenvalue weighted by Crippen LogP contribution is -2.37. The first kappa shape index (κ1) is 24.9. The summed E-state index contributed by atoms with van der Waals surface area (Å²) < 4.78 is 19.2. The first-order valence-electron chi connectivity index (χ1n) is 10.5. The van der Waals surface area contributed by atoms with E-state index in [1.165, 1.54) is 28.8 Å². The van der Waals surface area contributed by atoms with Crippen molar-refractivity contribution in [3.8, 4) is 5.75 Å². The van der Waals surface area contributed by atoms with Crippen molar-refractivity contribution in [2.24, 2.45) is 16.9 Å². The number of nitrogens with two attached hydrogens (primary N) is 1. The SMILES string of the molecule is C=CCOc1c(C)cc(C(=C)S/C(=N\N)N(CC2CC2)C(=O)c2ccc(F)cc2Cl)cc1C. The van der Waals surface area contributed by atoms with Crippen LogP contribution >= 0.6 is 23.4 Å². The maximum atomic E-state index is 13.5. The lowest BCUT2D eigenvalue weighted by Gasteiger charge is -2.24. The molecular formula is C25H27ClFN3O2S. The van der Waals surface area contributed by atoms with Crippen molar-refractivity contribution >= 4 is 39.3 Å². The smallest absolute Gasteiger partial charge is 0.261 e. The van der Waals surface area contributed by atoms with Crippen LogP contribution in [0.3, 0.4) is 0 Å². The van der Waals surface area contributed by atoms with Gasteiger partial charge in [-0.2, -0.15) is 5.10 Å². The highest BCUT2D eigenvalue weighted by Gasteiger charge is 2.32. The third-order valence-corrected chi connectivity index (χ3v) is 6.53. The van der Waals surface area contributed by atoms with Gasteiger partial charge < -0.3 is 10.6 Å². The quantitative estimate of drug-likeness (QED) is 0.159. The molecule has 1 amide bonds. The number of hydrogen-bond donors (Lipinski definition) is 1. The Morgan fingerprint density at radius 3 is 2.55 bits per heavy atom. The van der Waals surface area contributed by atoms with Crippen LogP contribution in [0.2, 0.25) is 5.02 Å². The van der Waals surface area contributed by atoms with E-state index in [0.29, 0.717) is 29.1 Å². The maximum Gasteiger partial charge on any atom is 0.261 e. The van der Waals surface area contributed by atoms with Crippen LogP contribution in [0, 0.1) is 25.6 Å². The number of amides is 1. The van der Waals surface area contributed by atoms with Gasteiger partial charge in [-0.15, -0.1) is 0 Å². The zero-order chi connectivity index (χ0) is 24.1. The number of aryl methyl sites for hydroxylation is 2. The monoisotopic (exact) mass is 487 g/mol. The van der Waals surface area contributed by atoms with E-state index in [-0.39, 0.29) is 16.5 Å². The van der Waals surface area contributed by atoms with Crippen molar-refractivity contribution < 1.29 is 13.9 Å². The van der Waals surface area contributed by atoms with Gasteiger partial charge in [-0.3, -0.25) is 9.69 Å². The fourth-order valence-corrected chi connectivity index (χ4v) is 4.44. The van der Waals surface area contributed by atoms with Gasteiger partial charge in [-0.05, 0) is 91.4 Å². The Kier molecular flexibility index (Phi) is 8.21. The Morgan fingerprint density at radius 2 is 2.00 bits per heavy atom. The molecule has 0 heterocycles. The third kappa shape index (κ3) is 6.18. The largest absolute Gasteiger partial charge is 0.489 e. The zero-order valence-electron chi connectivity index (χ0n) is 18.7. The number of amidine groups is 1. The molecule has 0 unspecified atom stereocenters. The van der Waals surface area contributed by atoms with Crippen LogP contribution in [-0.2, 0) is 0 Å². The molecule has 3 rings (SSSR count). The highest BCUT2D eigenvalue weighted by Crippen LogP contribution is 2.36. The second-order valence-electron chi connectivity index (χ2n) is 7.96. The van der Waals surface area contributed by atoms with Gasteiger partial charge in [0.2, 0.25) is 0 Å². The average molecular weight is 488 g/mol. The van der Waals surface area contributed by atoms with Gasteiger partial charge in [0.25, 0.3) is 5.91 Å².